The number of aliphatic carboxylic acids is 1. The number of thiazole rings is 1. The molecule has 0 atom stereocenters. The van der Waals surface area contributed by atoms with Gasteiger partial charge in [-0.3, -0.25) is 9.78 Å². The number of aromatic nitrogens is 2. The standard InChI is InChI=1S/C14H10N2O2S/c17-12(18)7-10-8-19-14(16-10)11-5-1-3-9-4-2-6-15-13(9)11/h1-6,8H,7H2,(H,17,18). The van der Waals surface area contributed by atoms with E-state index in [-0.39, 0.29) is 6.42 Å². The Bertz CT molecular complexity index is 747. The summed E-state index contributed by atoms with van der Waals surface area (Å²) in [6, 6.07) is 9.80. The maximum Gasteiger partial charge on any atom is 0.309 e. The van der Waals surface area contributed by atoms with E-state index in [1.165, 1.54) is 11.3 Å². The van der Waals surface area contributed by atoms with Gasteiger partial charge in [-0.25, -0.2) is 4.98 Å². The molecule has 0 aliphatic carbocycles. The van der Waals surface area contributed by atoms with Crippen molar-refractivity contribution in [2.75, 3.05) is 0 Å². The number of nitrogens with zero attached hydrogens (tertiary/aromatic N) is 2. The zero-order valence-electron chi connectivity index (χ0n) is 9.91. The van der Waals surface area contributed by atoms with Gasteiger partial charge in [-0.1, -0.05) is 18.2 Å². The first-order chi connectivity index (χ1) is 9.24. The molecule has 2 heterocycles. The highest BCUT2D eigenvalue weighted by molar-refractivity contribution is 7.13. The zero-order chi connectivity index (χ0) is 13.2. The van der Waals surface area contributed by atoms with E-state index in [9.17, 15) is 4.79 Å². The Morgan fingerprint density at radius 1 is 1.26 bits per heavy atom. The molecule has 94 valence electrons. The van der Waals surface area contributed by atoms with Gasteiger partial charge in [-0.2, -0.15) is 0 Å². The molecular weight excluding hydrogens is 260 g/mol. The van der Waals surface area contributed by atoms with Crippen LogP contribution in [0, 0.1) is 0 Å². The number of rotatable bonds is 3. The normalized spacial score (nSPS) is 10.7. The van der Waals surface area contributed by atoms with E-state index >= 15 is 0 Å². The van der Waals surface area contributed by atoms with Crippen LogP contribution in [0.25, 0.3) is 21.5 Å². The smallest absolute Gasteiger partial charge is 0.309 e. The molecule has 1 aromatic carbocycles. The third-order valence-corrected chi connectivity index (χ3v) is 3.67. The van der Waals surface area contributed by atoms with Crippen LogP contribution >= 0.6 is 11.3 Å². The van der Waals surface area contributed by atoms with E-state index in [4.69, 9.17) is 5.11 Å². The SMILES string of the molecule is O=C(O)Cc1csc(-c2cccc3cccnc23)n1. The lowest BCUT2D eigenvalue weighted by Gasteiger charge is -2.01. The minimum atomic E-state index is -0.868. The summed E-state index contributed by atoms with van der Waals surface area (Å²) in [5, 5.41) is 12.4. The number of carboxylic acid groups (broad SMARTS) is 1. The second-order valence-corrected chi connectivity index (χ2v) is 4.95. The van der Waals surface area contributed by atoms with Gasteiger partial charge in [-0.05, 0) is 12.1 Å². The second kappa shape index (κ2) is 4.78. The van der Waals surface area contributed by atoms with Gasteiger partial charge < -0.3 is 5.11 Å². The largest absolute Gasteiger partial charge is 0.481 e. The lowest BCUT2D eigenvalue weighted by atomic mass is 10.1. The van der Waals surface area contributed by atoms with Crippen LogP contribution in [-0.4, -0.2) is 21.0 Å². The molecule has 0 saturated carbocycles. The van der Waals surface area contributed by atoms with Gasteiger partial charge in [0, 0.05) is 22.5 Å². The topological polar surface area (TPSA) is 63.1 Å². The number of pyridine rings is 1. The van der Waals surface area contributed by atoms with Gasteiger partial charge in [0.2, 0.25) is 0 Å². The average Bonchev–Trinajstić information content (AvgIpc) is 2.85. The molecule has 1 N–H and O–H groups in total. The van der Waals surface area contributed by atoms with Gasteiger partial charge in [0.05, 0.1) is 17.6 Å². The maximum absolute atomic E-state index is 10.7. The Morgan fingerprint density at radius 3 is 2.95 bits per heavy atom. The summed E-state index contributed by atoms with van der Waals surface area (Å²) in [6.07, 6.45) is 1.70. The van der Waals surface area contributed by atoms with Crippen molar-refractivity contribution in [1.82, 2.24) is 9.97 Å². The number of hydrogen-bond donors (Lipinski definition) is 1. The Morgan fingerprint density at radius 2 is 2.11 bits per heavy atom. The third kappa shape index (κ3) is 2.32. The van der Waals surface area contributed by atoms with Crippen LogP contribution in [0.2, 0.25) is 0 Å². The molecule has 0 fully saturated rings. The average molecular weight is 270 g/mol. The molecule has 2 aromatic heterocycles. The van der Waals surface area contributed by atoms with E-state index in [0.717, 1.165) is 21.5 Å². The van der Waals surface area contributed by atoms with Crippen molar-refractivity contribution < 1.29 is 9.90 Å². The molecule has 0 spiro atoms. The van der Waals surface area contributed by atoms with Crippen molar-refractivity contribution in [3.63, 3.8) is 0 Å². The van der Waals surface area contributed by atoms with Crippen molar-refractivity contribution in [2.45, 2.75) is 6.42 Å². The van der Waals surface area contributed by atoms with Crippen LogP contribution in [0.3, 0.4) is 0 Å². The van der Waals surface area contributed by atoms with Crippen molar-refractivity contribution >= 4 is 28.2 Å². The third-order valence-electron chi connectivity index (χ3n) is 2.75. The van der Waals surface area contributed by atoms with Gasteiger partial charge >= 0.3 is 5.97 Å². The van der Waals surface area contributed by atoms with E-state index in [1.807, 2.05) is 30.3 Å². The number of para-hydroxylation sites is 1. The predicted molar refractivity (Wildman–Crippen MR) is 74.2 cm³/mol. The Kier molecular flexibility index (Phi) is 2.97. The molecular formula is C14H10N2O2S. The molecule has 0 aliphatic rings. The minimum absolute atomic E-state index is 0.0469. The number of hydrogen-bond acceptors (Lipinski definition) is 4. The number of benzene rings is 1. The highest BCUT2D eigenvalue weighted by Crippen LogP contribution is 2.29. The van der Waals surface area contributed by atoms with E-state index < -0.39 is 5.97 Å². The fourth-order valence-corrected chi connectivity index (χ4v) is 2.79. The predicted octanol–water partition coefficient (Wildman–Crippen LogP) is 2.99. The molecule has 4 nitrogen and oxygen atoms in total. The number of fused-ring (bicyclic) bond motifs is 1. The molecule has 3 rings (SSSR count). The second-order valence-electron chi connectivity index (χ2n) is 4.10. The Balaban J connectivity index is 2.09. The van der Waals surface area contributed by atoms with Gasteiger partial charge in [0.15, 0.2) is 0 Å². The van der Waals surface area contributed by atoms with Crippen LogP contribution in [0.15, 0.2) is 41.9 Å². The molecule has 5 heteroatoms. The summed E-state index contributed by atoms with van der Waals surface area (Å²) in [6.45, 7) is 0. The zero-order valence-corrected chi connectivity index (χ0v) is 10.7. The molecule has 3 aromatic rings. The van der Waals surface area contributed by atoms with Crippen molar-refractivity contribution in [2.24, 2.45) is 0 Å². The molecule has 0 aliphatic heterocycles. The highest BCUT2D eigenvalue weighted by Gasteiger charge is 2.10. The fourth-order valence-electron chi connectivity index (χ4n) is 1.94. The molecule has 0 saturated heterocycles. The molecule has 19 heavy (non-hydrogen) atoms. The quantitative estimate of drug-likeness (QED) is 0.794. The summed E-state index contributed by atoms with van der Waals surface area (Å²) < 4.78 is 0. The van der Waals surface area contributed by atoms with Crippen LogP contribution < -0.4 is 0 Å². The van der Waals surface area contributed by atoms with Crippen molar-refractivity contribution in [1.29, 1.82) is 0 Å². The maximum atomic E-state index is 10.7. The Labute approximate surface area is 113 Å². The van der Waals surface area contributed by atoms with Crippen LogP contribution in [0.5, 0.6) is 0 Å². The summed E-state index contributed by atoms with van der Waals surface area (Å²) in [5.74, 6) is -0.868. The van der Waals surface area contributed by atoms with E-state index in [2.05, 4.69) is 9.97 Å². The van der Waals surface area contributed by atoms with Gasteiger partial charge in [0.1, 0.15) is 5.01 Å². The van der Waals surface area contributed by atoms with Crippen LogP contribution in [0.1, 0.15) is 5.69 Å². The summed E-state index contributed by atoms with van der Waals surface area (Å²) in [5.41, 5.74) is 2.42. The number of carboxylic acids is 1. The molecule has 0 radical (unpaired) electrons. The molecule has 0 unspecified atom stereocenters. The highest BCUT2D eigenvalue weighted by atomic mass is 32.1. The van der Waals surface area contributed by atoms with Crippen LogP contribution in [-0.2, 0) is 11.2 Å². The first kappa shape index (κ1) is 11.8. The lowest BCUT2D eigenvalue weighted by molar-refractivity contribution is -0.136. The first-order valence-electron chi connectivity index (χ1n) is 5.74. The lowest BCUT2D eigenvalue weighted by Crippen LogP contribution is -1.99. The fraction of sp³-hybridized carbons (Fsp3) is 0.0714. The monoisotopic (exact) mass is 270 g/mol. The van der Waals surface area contributed by atoms with E-state index in [1.54, 1.807) is 11.6 Å². The van der Waals surface area contributed by atoms with E-state index in [0.29, 0.717) is 5.69 Å². The summed E-state index contributed by atoms with van der Waals surface area (Å²) >= 11 is 1.45. The molecule has 0 amide bonds. The van der Waals surface area contributed by atoms with Crippen molar-refractivity contribution in [3.8, 4) is 10.6 Å². The Hall–Kier alpha value is -2.27. The van der Waals surface area contributed by atoms with Crippen LogP contribution in [0.4, 0.5) is 0 Å². The first-order valence-corrected chi connectivity index (χ1v) is 6.62. The van der Waals surface area contributed by atoms with Gasteiger partial charge in [-0.15, -0.1) is 11.3 Å². The van der Waals surface area contributed by atoms with Crippen molar-refractivity contribution in [3.05, 3.63) is 47.6 Å². The minimum Gasteiger partial charge on any atom is -0.481 e. The number of carbonyl (C=O) groups is 1. The molecule has 0 bridgehead atoms. The summed E-state index contributed by atoms with van der Waals surface area (Å²) in [7, 11) is 0. The van der Waals surface area contributed by atoms with Gasteiger partial charge in [0.25, 0.3) is 0 Å². The summed E-state index contributed by atoms with van der Waals surface area (Å²) in [4.78, 5) is 19.4.